The maximum Gasteiger partial charge on any atom is 0.393 e. The second-order valence-corrected chi connectivity index (χ2v) is 10.1. The van der Waals surface area contributed by atoms with Crippen molar-refractivity contribution >= 4 is 27.0 Å². The van der Waals surface area contributed by atoms with Crippen molar-refractivity contribution in [1.82, 2.24) is 18.8 Å². The van der Waals surface area contributed by atoms with Crippen LogP contribution in [-0.4, -0.2) is 66.4 Å². The van der Waals surface area contributed by atoms with E-state index in [1.165, 1.54) is 31.1 Å². The van der Waals surface area contributed by atoms with E-state index in [2.05, 4.69) is 4.98 Å². The standard InChI is InChI=1S/C20H27F3N4O3S/c1-4-27-17-8-7-15(31(29,30)25(2)3)12-16(17)24-18(27)9-10-19(28)26-11-5-6-14(13-26)20(21,22)23/h7-8,12,14H,4-6,9-11,13H2,1-3H3/t14-/m1/s1. The summed E-state index contributed by atoms with van der Waals surface area (Å²) in [5, 5.41) is 0. The van der Waals surface area contributed by atoms with Crippen LogP contribution in [-0.2, 0) is 27.8 Å². The number of amides is 1. The Morgan fingerprint density at radius 2 is 2.00 bits per heavy atom. The molecule has 0 saturated carbocycles. The van der Waals surface area contributed by atoms with E-state index in [0.717, 1.165) is 9.82 Å². The number of nitrogens with zero attached hydrogens (tertiary/aromatic N) is 4. The number of halogens is 3. The van der Waals surface area contributed by atoms with Gasteiger partial charge in [0.2, 0.25) is 15.9 Å². The van der Waals surface area contributed by atoms with Crippen LogP contribution in [0.3, 0.4) is 0 Å². The molecule has 0 aliphatic carbocycles. The number of rotatable bonds is 6. The van der Waals surface area contributed by atoms with Crippen molar-refractivity contribution in [2.45, 2.75) is 50.2 Å². The molecule has 172 valence electrons. The van der Waals surface area contributed by atoms with E-state index in [9.17, 15) is 26.4 Å². The average molecular weight is 461 g/mol. The van der Waals surface area contributed by atoms with E-state index >= 15 is 0 Å². The Morgan fingerprint density at radius 1 is 1.29 bits per heavy atom. The molecule has 0 N–H and O–H groups in total. The minimum atomic E-state index is -4.29. The van der Waals surface area contributed by atoms with Gasteiger partial charge in [0.05, 0.1) is 21.8 Å². The number of alkyl halides is 3. The first-order valence-corrected chi connectivity index (χ1v) is 11.6. The Hall–Kier alpha value is -2.14. The van der Waals surface area contributed by atoms with Crippen LogP contribution in [0.25, 0.3) is 11.0 Å². The molecule has 1 atom stereocenters. The monoisotopic (exact) mass is 460 g/mol. The molecule has 31 heavy (non-hydrogen) atoms. The second-order valence-electron chi connectivity index (χ2n) is 7.93. The molecule has 1 amide bonds. The smallest absolute Gasteiger partial charge is 0.342 e. The lowest BCUT2D eigenvalue weighted by atomic mass is 9.97. The first kappa shape index (κ1) is 23.5. The Labute approximate surface area is 179 Å². The minimum Gasteiger partial charge on any atom is -0.342 e. The first-order chi connectivity index (χ1) is 14.4. The molecule has 0 spiro atoms. The van der Waals surface area contributed by atoms with E-state index in [1.54, 1.807) is 6.07 Å². The number of benzene rings is 1. The number of fused-ring (bicyclic) bond motifs is 1. The van der Waals surface area contributed by atoms with E-state index in [1.807, 2.05) is 11.5 Å². The van der Waals surface area contributed by atoms with Gasteiger partial charge < -0.3 is 9.47 Å². The summed E-state index contributed by atoms with van der Waals surface area (Å²) in [6.45, 7) is 2.52. The highest BCUT2D eigenvalue weighted by Gasteiger charge is 2.42. The number of hydrogen-bond acceptors (Lipinski definition) is 4. The first-order valence-electron chi connectivity index (χ1n) is 10.2. The highest BCUT2D eigenvalue weighted by Crippen LogP contribution is 2.33. The Kier molecular flexibility index (Phi) is 6.66. The van der Waals surface area contributed by atoms with E-state index in [4.69, 9.17) is 0 Å². The molecular weight excluding hydrogens is 433 g/mol. The number of carbonyl (C=O) groups is 1. The van der Waals surface area contributed by atoms with Crippen LogP contribution in [0.4, 0.5) is 13.2 Å². The number of sulfonamides is 1. The molecule has 2 aromatic rings. The summed E-state index contributed by atoms with van der Waals surface area (Å²) in [6, 6.07) is 4.71. The molecule has 1 aromatic heterocycles. The summed E-state index contributed by atoms with van der Waals surface area (Å²) in [7, 11) is -0.706. The zero-order valence-electron chi connectivity index (χ0n) is 17.8. The predicted molar refractivity (Wildman–Crippen MR) is 110 cm³/mol. The van der Waals surface area contributed by atoms with Crippen molar-refractivity contribution < 1.29 is 26.4 Å². The van der Waals surface area contributed by atoms with Gasteiger partial charge in [0.15, 0.2) is 0 Å². The molecule has 1 aromatic carbocycles. The van der Waals surface area contributed by atoms with Crippen molar-refractivity contribution in [3.05, 3.63) is 24.0 Å². The van der Waals surface area contributed by atoms with Crippen LogP contribution in [0.5, 0.6) is 0 Å². The minimum absolute atomic E-state index is 0.0523. The molecule has 2 heterocycles. The SMILES string of the molecule is CCn1c(CCC(=O)N2CCC[C@@H](C(F)(F)F)C2)nc2cc(S(=O)(=O)N(C)C)ccc21. The Morgan fingerprint density at radius 3 is 2.61 bits per heavy atom. The van der Waals surface area contributed by atoms with Gasteiger partial charge >= 0.3 is 6.18 Å². The molecular formula is C20H27F3N4O3S. The molecule has 1 aliphatic rings. The van der Waals surface area contributed by atoms with Gasteiger partial charge in [0.1, 0.15) is 5.82 Å². The summed E-state index contributed by atoms with van der Waals surface area (Å²) in [5.41, 5.74) is 1.25. The van der Waals surface area contributed by atoms with Crippen molar-refractivity contribution in [2.24, 2.45) is 5.92 Å². The number of piperidine rings is 1. The van der Waals surface area contributed by atoms with Crippen LogP contribution in [0.1, 0.15) is 32.0 Å². The topological polar surface area (TPSA) is 75.5 Å². The maximum absolute atomic E-state index is 13.0. The molecule has 1 saturated heterocycles. The average Bonchev–Trinajstić information content (AvgIpc) is 3.07. The van der Waals surface area contributed by atoms with E-state index < -0.39 is 22.1 Å². The molecule has 0 unspecified atom stereocenters. The van der Waals surface area contributed by atoms with Crippen molar-refractivity contribution in [3.8, 4) is 0 Å². The quantitative estimate of drug-likeness (QED) is 0.664. The zero-order valence-corrected chi connectivity index (χ0v) is 18.6. The van der Waals surface area contributed by atoms with Crippen LogP contribution in [0.2, 0.25) is 0 Å². The van der Waals surface area contributed by atoms with Crippen LogP contribution >= 0.6 is 0 Å². The number of hydrogen-bond donors (Lipinski definition) is 0. The number of imidazole rings is 1. The number of aryl methyl sites for hydroxylation is 2. The second kappa shape index (κ2) is 8.78. The lowest BCUT2D eigenvalue weighted by Gasteiger charge is -2.33. The third-order valence-electron chi connectivity index (χ3n) is 5.69. The Bertz CT molecular complexity index is 1060. The predicted octanol–water partition coefficient (Wildman–Crippen LogP) is 3.04. The fourth-order valence-electron chi connectivity index (χ4n) is 3.92. The lowest BCUT2D eigenvalue weighted by molar-refractivity contribution is -0.188. The summed E-state index contributed by atoms with van der Waals surface area (Å²) in [4.78, 5) is 18.5. The van der Waals surface area contributed by atoms with Gasteiger partial charge in [-0.3, -0.25) is 4.79 Å². The third kappa shape index (κ3) is 4.87. The Balaban J connectivity index is 1.77. The van der Waals surface area contributed by atoms with Gasteiger partial charge in [0.25, 0.3) is 0 Å². The van der Waals surface area contributed by atoms with E-state index in [0.29, 0.717) is 30.9 Å². The highest BCUT2D eigenvalue weighted by molar-refractivity contribution is 7.89. The van der Waals surface area contributed by atoms with Gasteiger partial charge in [0, 0.05) is 46.6 Å². The van der Waals surface area contributed by atoms with Crippen molar-refractivity contribution in [2.75, 3.05) is 27.2 Å². The van der Waals surface area contributed by atoms with Crippen molar-refractivity contribution in [1.29, 1.82) is 0 Å². The van der Waals surface area contributed by atoms with Crippen LogP contribution < -0.4 is 0 Å². The highest BCUT2D eigenvalue weighted by atomic mass is 32.2. The molecule has 11 heteroatoms. The number of carbonyl (C=O) groups excluding carboxylic acids is 1. The largest absolute Gasteiger partial charge is 0.393 e. The molecule has 0 bridgehead atoms. The molecule has 0 radical (unpaired) electrons. The van der Waals surface area contributed by atoms with Gasteiger partial charge in [-0.2, -0.15) is 13.2 Å². The van der Waals surface area contributed by atoms with Gasteiger partial charge in [-0.1, -0.05) is 0 Å². The summed E-state index contributed by atoms with van der Waals surface area (Å²) in [6.07, 6.45) is -3.58. The fourth-order valence-corrected chi connectivity index (χ4v) is 4.84. The van der Waals surface area contributed by atoms with E-state index in [-0.39, 0.29) is 36.6 Å². The van der Waals surface area contributed by atoms with Gasteiger partial charge in [-0.15, -0.1) is 0 Å². The maximum atomic E-state index is 13.0. The van der Waals surface area contributed by atoms with Crippen LogP contribution in [0, 0.1) is 5.92 Å². The number of aromatic nitrogens is 2. The summed E-state index contributed by atoms with van der Waals surface area (Å²) >= 11 is 0. The third-order valence-corrected chi connectivity index (χ3v) is 7.50. The number of likely N-dealkylation sites (tertiary alicyclic amines) is 1. The molecule has 1 fully saturated rings. The zero-order chi connectivity index (χ0) is 23.0. The fraction of sp³-hybridized carbons (Fsp3) is 0.600. The summed E-state index contributed by atoms with van der Waals surface area (Å²) < 4.78 is 66.8. The van der Waals surface area contributed by atoms with Crippen molar-refractivity contribution in [3.63, 3.8) is 0 Å². The van der Waals surface area contributed by atoms with Gasteiger partial charge in [-0.25, -0.2) is 17.7 Å². The van der Waals surface area contributed by atoms with Crippen LogP contribution in [0.15, 0.2) is 23.1 Å². The molecule has 7 nitrogen and oxygen atoms in total. The van der Waals surface area contributed by atoms with Gasteiger partial charge in [-0.05, 0) is 38.0 Å². The molecule has 3 rings (SSSR count). The summed E-state index contributed by atoms with van der Waals surface area (Å²) in [5.74, 6) is -1.18. The lowest BCUT2D eigenvalue weighted by Crippen LogP contribution is -2.44. The molecule has 1 aliphatic heterocycles. The normalized spacial score (nSPS) is 18.2.